The van der Waals surface area contributed by atoms with E-state index in [1.165, 1.54) is 24.0 Å². The van der Waals surface area contributed by atoms with Crippen molar-refractivity contribution >= 4 is 23.5 Å². The zero-order valence-corrected chi connectivity index (χ0v) is 13.4. The molecule has 1 amide bonds. The van der Waals surface area contributed by atoms with Gasteiger partial charge in [-0.05, 0) is 39.0 Å². The second-order valence-electron chi connectivity index (χ2n) is 5.10. The van der Waals surface area contributed by atoms with Gasteiger partial charge in [-0.1, -0.05) is 11.6 Å². The molecule has 0 radical (unpaired) electrons. The van der Waals surface area contributed by atoms with Crippen LogP contribution in [0.3, 0.4) is 0 Å². The molecule has 122 valence electrons. The first kappa shape index (κ1) is 18.2. The Bertz CT molecular complexity index is 550. The van der Waals surface area contributed by atoms with Gasteiger partial charge in [0.2, 0.25) is 0 Å². The Morgan fingerprint density at radius 1 is 1.36 bits per heavy atom. The summed E-state index contributed by atoms with van der Waals surface area (Å²) in [5, 5.41) is 8.81. The summed E-state index contributed by atoms with van der Waals surface area (Å²) in [5.41, 5.74) is 0. The maximum atomic E-state index is 13.0. The van der Waals surface area contributed by atoms with Gasteiger partial charge in [-0.3, -0.25) is 9.59 Å². The van der Waals surface area contributed by atoms with E-state index in [4.69, 9.17) is 21.4 Å². The minimum Gasteiger partial charge on any atom is -0.481 e. The maximum Gasteiger partial charge on any atom is 0.305 e. The van der Waals surface area contributed by atoms with E-state index in [0.717, 1.165) is 6.07 Å². The average molecular weight is 332 g/mol. The normalized spacial score (nSPS) is 12.1. The van der Waals surface area contributed by atoms with Gasteiger partial charge in [-0.15, -0.1) is 0 Å². The van der Waals surface area contributed by atoms with Crippen molar-refractivity contribution in [2.75, 3.05) is 6.54 Å². The number of benzene rings is 1. The van der Waals surface area contributed by atoms with Crippen molar-refractivity contribution in [1.82, 2.24) is 4.90 Å². The van der Waals surface area contributed by atoms with Gasteiger partial charge in [0.15, 0.2) is 6.10 Å². The lowest BCUT2D eigenvalue weighted by Crippen LogP contribution is -2.45. The highest BCUT2D eigenvalue weighted by molar-refractivity contribution is 6.32. The van der Waals surface area contributed by atoms with Crippen LogP contribution in [0.25, 0.3) is 0 Å². The summed E-state index contributed by atoms with van der Waals surface area (Å²) in [6, 6.07) is 3.46. The van der Waals surface area contributed by atoms with E-state index < -0.39 is 17.9 Å². The highest BCUT2D eigenvalue weighted by Crippen LogP contribution is 2.26. The van der Waals surface area contributed by atoms with Crippen LogP contribution in [0, 0.1) is 5.82 Å². The Morgan fingerprint density at radius 2 is 2.00 bits per heavy atom. The Labute approximate surface area is 133 Å². The molecule has 0 aliphatic rings. The van der Waals surface area contributed by atoms with Crippen molar-refractivity contribution in [2.24, 2.45) is 0 Å². The number of carboxylic acid groups (broad SMARTS) is 1. The van der Waals surface area contributed by atoms with Crippen molar-refractivity contribution in [3.63, 3.8) is 0 Å². The van der Waals surface area contributed by atoms with Crippen LogP contribution < -0.4 is 4.74 Å². The summed E-state index contributed by atoms with van der Waals surface area (Å²) in [6.07, 6.45) is -1.01. The number of carbonyl (C=O) groups is 2. The van der Waals surface area contributed by atoms with Crippen molar-refractivity contribution in [3.05, 3.63) is 29.0 Å². The number of rotatable bonds is 7. The van der Waals surface area contributed by atoms with E-state index in [2.05, 4.69) is 0 Å². The quantitative estimate of drug-likeness (QED) is 0.834. The standard InChI is InChI=1S/C15H19ClFNO4/c1-9(2)18(7-6-14(19)20)15(21)10(3)22-13-5-4-11(17)8-12(13)16/h4-5,8-10H,6-7H2,1-3H3,(H,19,20). The van der Waals surface area contributed by atoms with Gasteiger partial charge >= 0.3 is 5.97 Å². The van der Waals surface area contributed by atoms with Crippen LogP contribution in [-0.2, 0) is 9.59 Å². The first-order valence-corrected chi connectivity index (χ1v) is 7.24. The lowest BCUT2D eigenvalue weighted by Gasteiger charge is -2.29. The van der Waals surface area contributed by atoms with Crippen LogP contribution in [0.15, 0.2) is 18.2 Å². The lowest BCUT2D eigenvalue weighted by atomic mass is 10.2. The van der Waals surface area contributed by atoms with Gasteiger partial charge in [0.05, 0.1) is 11.4 Å². The van der Waals surface area contributed by atoms with Crippen LogP contribution in [0.2, 0.25) is 5.02 Å². The SMILES string of the molecule is CC(Oc1ccc(F)cc1Cl)C(=O)N(CCC(=O)O)C(C)C. The Hall–Kier alpha value is -1.82. The summed E-state index contributed by atoms with van der Waals surface area (Å²) in [5.74, 6) is -1.63. The highest BCUT2D eigenvalue weighted by atomic mass is 35.5. The number of aliphatic carboxylic acids is 1. The zero-order chi connectivity index (χ0) is 16.9. The number of ether oxygens (including phenoxy) is 1. The molecule has 1 unspecified atom stereocenters. The van der Waals surface area contributed by atoms with E-state index in [-0.39, 0.29) is 35.7 Å². The van der Waals surface area contributed by atoms with E-state index in [1.54, 1.807) is 13.8 Å². The molecule has 1 rings (SSSR count). The molecule has 0 aliphatic heterocycles. The number of amides is 1. The molecular formula is C15H19ClFNO4. The fourth-order valence-electron chi connectivity index (χ4n) is 1.88. The van der Waals surface area contributed by atoms with Crippen molar-refractivity contribution in [2.45, 2.75) is 39.3 Å². The third-order valence-electron chi connectivity index (χ3n) is 3.02. The number of halogens is 2. The molecule has 0 spiro atoms. The van der Waals surface area contributed by atoms with Gasteiger partial charge in [-0.2, -0.15) is 0 Å². The second kappa shape index (κ2) is 7.98. The number of carbonyl (C=O) groups excluding carboxylic acids is 1. The van der Waals surface area contributed by atoms with Gasteiger partial charge in [-0.25, -0.2) is 4.39 Å². The minimum atomic E-state index is -0.978. The zero-order valence-electron chi connectivity index (χ0n) is 12.7. The van der Waals surface area contributed by atoms with Crippen LogP contribution in [0.5, 0.6) is 5.75 Å². The molecule has 0 fully saturated rings. The summed E-state index contributed by atoms with van der Waals surface area (Å²) in [4.78, 5) is 24.5. The average Bonchev–Trinajstić information content (AvgIpc) is 2.41. The largest absolute Gasteiger partial charge is 0.481 e. The van der Waals surface area contributed by atoms with Crippen LogP contribution in [0.1, 0.15) is 27.2 Å². The van der Waals surface area contributed by atoms with E-state index in [9.17, 15) is 14.0 Å². The molecule has 0 saturated carbocycles. The van der Waals surface area contributed by atoms with Crippen molar-refractivity contribution in [3.8, 4) is 5.75 Å². The Balaban J connectivity index is 2.78. The van der Waals surface area contributed by atoms with Gasteiger partial charge in [0.25, 0.3) is 5.91 Å². The van der Waals surface area contributed by atoms with Crippen LogP contribution >= 0.6 is 11.6 Å². The summed E-state index contributed by atoms with van der Waals surface area (Å²) in [7, 11) is 0. The molecular weight excluding hydrogens is 313 g/mol. The van der Waals surface area contributed by atoms with Crippen LogP contribution in [-0.4, -0.2) is 40.6 Å². The second-order valence-corrected chi connectivity index (χ2v) is 5.51. The maximum absolute atomic E-state index is 13.0. The summed E-state index contributed by atoms with van der Waals surface area (Å²) >= 11 is 5.86. The van der Waals surface area contributed by atoms with Crippen molar-refractivity contribution < 1.29 is 23.8 Å². The fraction of sp³-hybridized carbons (Fsp3) is 0.467. The lowest BCUT2D eigenvalue weighted by molar-refractivity contribution is -0.142. The Kier molecular flexibility index (Phi) is 6.61. The number of hydrogen-bond acceptors (Lipinski definition) is 3. The molecule has 0 aromatic heterocycles. The molecule has 0 heterocycles. The first-order valence-electron chi connectivity index (χ1n) is 6.86. The van der Waals surface area contributed by atoms with E-state index in [1.807, 2.05) is 0 Å². The number of hydrogen-bond donors (Lipinski definition) is 1. The topological polar surface area (TPSA) is 66.8 Å². The summed E-state index contributed by atoms with van der Waals surface area (Å²) < 4.78 is 18.4. The van der Waals surface area contributed by atoms with Crippen LogP contribution in [0.4, 0.5) is 4.39 Å². The van der Waals surface area contributed by atoms with Gasteiger partial charge < -0.3 is 14.7 Å². The molecule has 7 heteroatoms. The summed E-state index contributed by atoms with van der Waals surface area (Å²) in [6.45, 7) is 5.21. The molecule has 1 aromatic rings. The molecule has 1 aromatic carbocycles. The smallest absolute Gasteiger partial charge is 0.305 e. The molecule has 0 aliphatic carbocycles. The molecule has 1 atom stereocenters. The fourth-order valence-corrected chi connectivity index (χ4v) is 2.10. The molecule has 1 N–H and O–H groups in total. The van der Waals surface area contributed by atoms with Gasteiger partial charge in [0.1, 0.15) is 11.6 Å². The predicted molar refractivity (Wildman–Crippen MR) is 80.6 cm³/mol. The Morgan fingerprint density at radius 3 is 2.50 bits per heavy atom. The van der Waals surface area contributed by atoms with E-state index >= 15 is 0 Å². The monoisotopic (exact) mass is 331 g/mol. The third-order valence-corrected chi connectivity index (χ3v) is 3.31. The molecule has 22 heavy (non-hydrogen) atoms. The number of nitrogens with zero attached hydrogens (tertiary/aromatic N) is 1. The van der Waals surface area contributed by atoms with E-state index in [0.29, 0.717) is 0 Å². The first-order chi connectivity index (χ1) is 10.2. The number of carboxylic acids is 1. The molecule has 5 nitrogen and oxygen atoms in total. The minimum absolute atomic E-state index is 0.0706. The third kappa shape index (κ3) is 5.18. The predicted octanol–water partition coefficient (Wildman–Crippen LogP) is 2.96. The highest BCUT2D eigenvalue weighted by Gasteiger charge is 2.25. The molecule has 0 saturated heterocycles. The van der Waals surface area contributed by atoms with Gasteiger partial charge in [0, 0.05) is 12.6 Å². The molecule has 0 bridgehead atoms. The van der Waals surface area contributed by atoms with Crippen molar-refractivity contribution in [1.29, 1.82) is 0 Å².